The van der Waals surface area contributed by atoms with Crippen molar-refractivity contribution in [2.24, 2.45) is 11.8 Å². The third kappa shape index (κ3) is 4.37. The minimum absolute atomic E-state index is 0.0798. The normalized spacial score (nSPS) is 26.3. The summed E-state index contributed by atoms with van der Waals surface area (Å²) in [6.07, 6.45) is 3.46. The summed E-state index contributed by atoms with van der Waals surface area (Å²) >= 11 is 0. The van der Waals surface area contributed by atoms with E-state index in [2.05, 4.69) is 60.4 Å². The molecule has 1 aliphatic carbocycles. The molecule has 1 saturated carbocycles. The predicted octanol–water partition coefficient (Wildman–Crippen LogP) is 2.53. The van der Waals surface area contributed by atoms with Gasteiger partial charge < -0.3 is 15.1 Å². The van der Waals surface area contributed by atoms with E-state index in [1.165, 1.54) is 18.4 Å². The molecule has 1 heterocycles. The Kier molecular flexibility index (Phi) is 5.57. The van der Waals surface area contributed by atoms with Crippen LogP contribution in [0.15, 0.2) is 30.3 Å². The van der Waals surface area contributed by atoms with Crippen LogP contribution in [0.4, 0.5) is 0 Å². The van der Waals surface area contributed by atoms with Crippen LogP contribution in [-0.2, 0) is 4.79 Å². The maximum atomic E-state index is 12.5. The van der Waals surface area contributed by atoms with Gasteiger partial charge in [-0.15, -0.1) is 0 Å². The van der Waals surface area contributed by atoms with E-state index >= 15 is 0 Å². The minimum atomic E-state index is 0.0798. The van der Waals surface area contributed by atoms with Crippen LogP contribution in [0.3, 0.4) is 0 Å². The molecule has 1 saturated heterocycles. The van der Waals surface area contributed by atoms with Crippen molar-refractivity contribution in [3.63, 3.8) is 0 Å². The van der Waals surface area contributed by atoms with E-state index in [9.17, 15) is 4.79 Å². The number of benzene rings is 1. The molecule has 1 aromatic carbocycles. The molecule has 0 unspecified atom stereocenters. The second kappa shape index (κ2) is 7.66. The van der Waals surface area contributed by atoms with Gasteiger partial charge >= 0.3 is 0 Å². The molecule has 1 amide bonds. The Morgan fingerprint density at radius 3 is 2.50 bits per heavy atom. The molecule has 2 aliphatic rings. The number of piperidine rings is 1. The lowest BCUT2D eigenvalue weighted by atomic mass is 10.0. The fourth-order valence-corrected chi connectivity index (χ4v) is 3.76. The minimum Gasteiger partial charge on any atom is -0.348 e. The predicted molar refractivity (Wildman–Crippen MR) is 97.7 cm³/mol. The lowest BCUT2D eigenvalue weighted by molar-refractivity contribution is -0.123. The summed E-state index contributed by atoms with van der Waals surface area (Å²) in [7, 11) is 4.40. The van der Waals surface area contributed by atoms with Crippen molar-refractivity contribution in [1.82, 2.24) is 15.1 Å². The SMILES string of the molecule is C[C@@H]1C[C@@H]1C(=O)N[C@@H](CN(C)C1CCN(C)CC1)c1ccccc1. The Morgan fingerprint density at radius 1 is 1.29 bits per heavy atom. The van der Waals surface area contributed by atoms with E-state index in [1.807, 2.05) is 6.07 Å². The lowest BCUT2D eigenvalue weighted by Crippen LogP contribution is -2.45. The highest BCUT2D eigenvalue weighted by Gasteiger charge is 2.40. The molecule has 2 fully saturated rings. The molecule has 0 spiro atoms. The van der Waals surface area contributed by atoms with Crippen LogP contribution in [0.25, 0.3) is 0 Å². The summed E-state index contributed by atoms with van der Waals surface area (Å²) in [5.74, 6) is 1.01. The van der Waals surface area contributed by atoms with Crippen molar-refractivity contribution < 1.29 is 4.79 Å². The van der Waals surface area contributed by atoms with E-state index in [-0.39, 0.29) is 17.9 Å². The molecule has 0 bridgehead atoms. The highest BCUT2D eigenvalue weighted by Crippen LogP contribution is 2.38. The van der Waals surface area contributed by atoms with E-state index in [0.29, 0.717) is 12.0 Å². The zero-order valence-corrected chi connectivity index (χ0v) is 15.2. The number of carbonyl (C=O) groups excluding carboxylic acids is 1. The van der Waals surface area contributed by atoms with Crippen molar-refractivity contribution in [1.29, 1.82) is 0 Å². The van der Waals surface area contributed by atoms with E-state index in [4.69, 9.17) is 0 Å². The lowest BCUT2D eigenvalue weighted by Gasteiger charge is -2.37. The molecule has 3 rings (SSSR count). The van der Waals surface area contributed by atoms with Gasteiger partial charge in [-0.25, -0.2) is 0 Å². The maximum Gasteiger partial charge on any atom is 0.223 e. The number of hydrogen-bond donors (Lipinski definition) is 1. The third-order valence-corrected chi connectivity index (χ3v) is 5.75. The van der Waals surface area contributed by atoms with Gasteiger partial charge in [0.15, 0.2) is 0 Å². The average Bonchev–Trinajstić information content (AvgIpc) is 3.32. The molecular weight excluding hydrogens is 298 g/mol. The van der Waals surface area contributed by atoms with Crippen LogP contribution in [-0.4, -0.2) is 55.5 Å². The van der Waals surface area contributed by atoms with Gasteiger partial charge in [0.1, 0.15) is 0 Å². The maximum absolute atomic E-state index is 12.5. The van der Waals surface area contributed by atoms with Gasteiger partial charge in [0.25, 0.3) is 0 Å². The molecule has 0 radical (unpaired) electrons. The third-order valence-electron chi connectivity index (χ3n) is 5.75. The quantitative estimate of drug-likeness (QED) is 0.871. The highest BCUT2D eigenvalue weighted by atomic mass is 16.2. The number of nitrogens with zero attached hydrogens (tertiary/aromatic N) is 2. The first-order valence-electron chi connectivity index (χ1n) is 9.28. The van der Waals surface area contributed by atoms with Crippen molar-refractivity contribution in [2.45, 2.75) is 38.3 Å². The van der Waals surface area contributed by atoms with Crippen LogP contribution < -0.4 is 5.32 Å². The molecule has 0 aromatic heterocycles. The van der Waals surface area contributed by atoms with Gasteiger partial charge in [0.2, 0.25) is 5.91 Å². The summed E-state index contributed by atoms with van der Waals surface area (Å²) in [6, 6.07) is 11.1. The van der Waals surface area contributed by atoms with Gasteiger partial charge in [0, 0.05) is 18.5 Å². The van der Waals surface area contributed by atoms with Crippen LogP contribution in [0.5, 0.6) is 0 Å². The summed E-state index contributed by atoms with van der Waals surface area (Å²) in [5, 5.41) is 3.31. The van der Waals surface area contributed by atoms with Gasteiger partial charge in [0.05, 0.1) is 6.04 Å². The zero-order chi connectivity index (χ0) is 17.1. The first-order valence-corrected chi connectivity index (χ1v) is 9.28. The van der Waals surface area contributed by atoms with Gasteiger partial charge in [-0.2, -0.15) is 0 Å². The van der Waals surface area contributed by atoms with Crippen LogP contribution in [0.2, 0.25) is 0 Å². The Bertz CT molecular complexity index is 539. The van der Waals surface area contributed by atoms with Crippen LogP contribution in [0, 0.1) is 11.8 Å². The van der Waals surface area contributed by atoms with E-state index in [0.717, 1.165) is 26.1 Å². The second-order valence-electron chi connectivity index (χ2n) is 7.77. The molecule has 1 aliphatic heterocycles. The van der Waals surface area contributed by atoms with Crippen LogP contribution in [0.1, 0.15) is 37.8 Å². The van der Waals surface area contributed by atoms with Crippen molar-refractivity contribution in [3.05, 3.63) is 35.9 Å². The van der Waals surface area contributed by atoms with Gasteiger partial charge in [-0.3, -0.25) is 4.79 Å². The molecular formula is C20H31N3O. The fourth-order valence-electron chi connectivity index (χ4n) is 3.76. The number of nitrogens with one attached hydrogen (secondary N) is 1. The number of amides is 1. The van der Waals surface area contributed by atoms with Crippen molar-refractivity contribution >= 4 is 5.91 Å². The number of hydrogen-bond acceptors (Lipinski definition) is 3. The monoisotopic (exact) mass is 329 g/mol. The number of carbonyl (C=O) groups is 1. The topological polar surface area (TPSA) is 35.6 Å². The Labute approximate surface area is 146 Å². The Balaban J connectivity index is 1.64. The average molecular weight is 329 g/mol. The number of likely N-dealkylation sites (N-methyl/N-ethyl adjacent to an activating group) is 1. The Morgan fingerprint density at radius 2 is 1.92 bits per heavy atom. The molecule has 4 nitrogen and oxygen atoms in total. The zero-order valence-electron chi connectivity index (χ0n) is 15.2. The fraction of sp³-hybridized carbons (Fsp3) is 0.650. The van der Waals surface area contributed by atoms with E-state index in [1.54, 1.807) is 0 Å². The van der Waals surface area contributed by atoms with Gasteiger partial charge in [-0.05, 0) is 57.9 Å². The van der Waals surface area contributed by atoms with Crippen molar-refractivity contribution in [3.8, 4) is 0 Å². The number of likely N-dealkylation sites (tertiary alicyclic amines) is 1. The second-order valence-corrected chi connectivity index (χ2v) is 7.77. The molecule has 3 atom stereocenters. The summed E-state index contributed by atoms with van der Waals surface area (Å²) < 4.78 is 0. The van der Waals surface area contributed by atoms with Crippen molar-refractivity contribution in [2.75, 3.05) is 33.7 Å². The molecule has 1 aromatic rings. The smallest absolute Gasteiger partial charge is 0.223 e. The largest absolute Gasteiger partial charge is 0.348 e. The molecule has 24 heavy (non-hydrogen) atoms. The summed E-state index contributed by atoms with van der Waals surface area (Å²) in [5.41, 5.74) is 1.21. The first-order chi connectivity index (χ1) is 11.5. The van der Waals surface area contributed by atoms with Gasteiger partial charge in [-0.1, -0.05) is 37.3 Å². The molecule has 4 heteroatoms. The standard InChI is InChI=1S/C20H31N3O/c1-15-13-18(15)20(24)21-19(16-7-5-4-6-8-16)14-23(3)17-9-11-22(2)12-10-17/h4-8,15,17-19H,9-14H2,1-3H3,(H,21,24)/t15-,18+,19+/m1/s1. The Hall–Kier alpha value is -1.39. The summed E-state index contributed by atoms with van der Waals surface area (Å²) in [6.45, 7) is 5.37. The highest BCUT2D eigenvalue weighted by molar-refractivity contribution is 5.81. The molecule has 1 N–H and O–H groups in total. The number of rotatable bonds is 6. The van der Waals surface area contributed by atoms with Crippen LogP contribution >= 0.6 is 0 Å². The molecule has 132 valence electrons. The van der Waals surface area contributed by atoms with E-state index < -0.39 is 0 Å². The summed E-state index contributed by atoms with van der Waals surface area (Å²) in [4.78, 5) is 17.3. The first kappa shape index (κ1) is 17.4.